The number of nitrogens with two attached hydrogens (primary N) is 1. The molecule has 1 amide bonds. The van der Waals surface area contributed by atoms with Crippen LogP contribution in [0, 0.1) is 6.92 Å². The summed E-state index contributed by atoms with van der Waals surface area (Å²) in [6.45, 7) is 2.15. The van der Waals surface area contributed by atoms with E-state index in [9.17, 15) is 4.79 Å². The number of aryl methyl sites for hydroxylation is 1. The average molecular weight is 303 g/mol. The standard InChI is InChI=1S/C13H13N5O2S/c1-7-17-9(20-18-7)4-6-15-12(19)11-10(14)8-3-2-5-16-13(8)21-11/h2-3,5H,4,6,14H2,1H3,(H,15,19). The van der Waals surface area contributed by atoms with Gasteiger partial charge in [-0.3, -0.25) is 4.79 Å². The van der Waals surface area contributed by atoms with E-state index in [-0.39, 0.29) is 5.91 Å². The molecular weight excluding hydrogens is 290 g/mol. The molecule has 0 saturated heterocycles. The van der Waals surface area contributed by atoms with Crippen LogP contribution in [0.5, 0.6) is 0 Å². The number of thiophene rings is 1. The van der Waals surface area contributed by atoms with Crippen molar-refractivity contribution >= 4 is 33.1 Å². The first-order valence-electron chi connectivity index (χ1n) is 6.35. The van der Waals surface area contributed by atoms with Crippen LogP contribution in [-0.2, 0) is 6.42 Å². The van der Waals surface area contributed by atoms with Crippen LogP contribution in [0.15, 0.2) is 22.9 Å². The zero-order valence-corrected chi connectivity index (χ0v) is 12.1. The molecule has 0 atom stereocenters. The smallest absolute Gasteiger partial charge is 0.263 e. The molecule has 3 aromatic rings. The second-order valence-electron chi connectivity index (χ2n) is 4.44. The average Bonchev–Trinajstić information content (AvgIpc) is 3.03. The summed E-state index contributed by atoms with van der Waals surface area (Å²) in [5, 5.41) is 7.29. The summed E-state index contributed by atoms with van der Waals surface area (Å²) >= 11 is 1.28. The molecule has 8 heteroatoms. The highest BCUT2D eigenvalue weighted by Crippen LogP contribution is 2.31. The number of carbonyl (C=O) groups is 1. The fourth-order valence-corrected chi connectivity index (χ4v) is 2.90. The maximum atomic E-state index is 12.2. The number of hydrogen-bond acceptors (Lipinski definition) is 7. The van der Waals surface area contributed by atoms with Crippen molar-refractivity contribution < 1.29 is 9.32 Å². The second-order valence-corrected chi connectivity index (χ2v) is 5.44. The molecule has 0 aliphatic rings. The van der Waals surface area contributed by atoms with Gasteiger partial charge in [-0.15, -0.1) is 11.3 Å². The largest absolute Gasteiger partial charge is 0.397 e. The Bertz CT molecular complexity index is 795. The van der Waals surface area contributed by atoms with Crippen LogP contribution in [0.2, 0.25) is 0 Å². The van der Waals surface area contributed by atoms with Gasteiger partial charge in [-0.25, -0.2) is 4.98 Å². The van der Waals surface area contributed by atoms with E-state index in [2.05, 4.69) is 20.4 Å². The van der Waals surface area contributed by atoms with Crippen molar-refractivity contribution in [3.05, 3.63) is 34.9 Å². The molecule has 108 valence electrons. The van der Waals surface area contributed by atoms with Gasteiger partial charge in [0.15, 0.2) is 5.82 Å². The van der Waals surface area contributed by atoms with Gasteiger partial charge < -0.3 is 15.6 Å². The van der Waals surface area contributed by atoms with E-state index in [1.807, 2.05) is 6.07 Å². The van der Waals surface area contributed by atoms with Gasteiger partial charge in [0, 0.05) is 24.5 Å². The van der Waals surface area contributed by atoms with E-state index in [0.717, 1.165) is 10.2 Å². The maximum Gasteiger partial charge on any atom is 0.263 e. The van der Waals surface area contributed by atoms with Gasteiger partial charge in [0.2, 0.25) is 5.89 Å². The first-order valence-corrected chi connectivity index (χ1v) is 7.17. The van der Waals surface area contributed by atoms with Crippen molar-refractivity contribution in [2.24, 2.45) is 0 Å². The number of pyridine rings is 1. The molecule has 3 heterocycles. The molecule has 3 rings (SSSR count). The van der Waals surface area contributed by atoms with E-state index < -0.39 is 0 Å². The number of anilines is 1. The maximum absolute atomic E-state index is 12.2. The van der Waals surface area contributed by atoms with Crippen molar-refractivity contribution in [2.75, 3.05) is 12.3 Å². The molecule has 21 heavy (non-hydrogen) atoms. The molecule has 3 aromatic heterocycles. The molecule has 0 spiro atoms. The third-order valence-electron chi connectivity index (χ3n) is 2.90. The Morgan fingerprint density at radius 1 is 1.52 bits per heavy atom. The number of fused-ring (bicyclic) bond motifs is 1. The summed E-state index contributed by atoms with van der Waals surface area (Å²) in [4.78, 5) is 21.7. The Morgan fingerprint density at radius 3 is 3.10 bits per heavy atom. The van der Waals surface area contributed by atoms with Crippen molar-refractivity contribution in [1.29, 1.82) is 0 Å². The molecular formula is C13H13N5O2S. The highest BCUT2D eigenvalue weighted by atomic mass is 32.1. The first kappa shape index (κ1) is 13.5. The lowest BCUT2D eigenvalue weighted by molar-refractivity contribution is 0.0958. The number of amides is 1. The molecule has 0 unspecified atom stereocenters. The van der Waals surface area contributed by atoms with Crippen molar-refractivity contribution in [2.45, 2.75) is 13.3 Å². The Balaban J connectivity index is 1.68. The normalized spacial score (nSPS) is 10.9. The summed E-state index contributed by atoms with van der Waals surface area (Å²) in [7, 11) is 0. The lowest BCUT2D eigenvalue weighted by Crippen LogP contribution is -2.25. The van der Waals surface area contributed by atoms with Gasteiger partial charge in [0.05, 0.1) is 5.69 Å². The van der Waals surface area contributed by atoms with Crippen molar-refractivity contribution in [3.8, 4) is 0 Å². The van der Waals surface area contributed by atoms with Gasteiger partial charge in [0.25, 0.3) is 5.91 Å². The molecule has 0 bridgehead atoms. The molecule has 0 aliphatic carbocycles. The summed E-state index contributed by atoms with van der Waals surface area (Å²) < 4.78 is 4.98. The Hall–Kier alpha value is -2.48. The van der Waals surface area contributed by atoms with Crippen LogP contribution in [0.25, 0.3) is 10.2 Å². The highest BCUT2D eigenvalue weighted by molar-refractivity contribution is 7.21. The van der Waals surface area contributed by atoms with Gasteiger partial charge in [-0.1, -0.05) is 5.16 Å². The van der Waals surface area contributed by atoms with E-state index in [1.54, 1.807) is 19.2 Å². The molecule has 0 aliphatic heterocycles. The predicted molar refractivity (Wildman–Crippen MR) is 79.1 cm³/mol. The minimum absolute atomic E-state index is 0.216. The summed E-state index contributed by atoms with van der Waals surface area (Å²) in [6, 6.07) is 3.65. The van der Waals surface area contributed by atoms with Gasteiger partial charge >= 0.3 is 0 Å². The van der Waals surface area contributed by atoms with Crippen LogP contribution in [0.1, 0.15) is 21.4 Å². The van der Waals surface area contributed by atoms with Crippen LogP contribution in [0.4, 0.5) is 5.69 Å². The zero-order chi connectivity index (χ0) is 14.8. The molecule has 7 nitrogen and oxygen atoms in total. The minimum Gasteiger partial charge on any atom is -0.397 e. The molecule has 3 N–H and O–H groups in total. The summed E-state index contributed by atoms with van der Waals surface area (Å²) in [5.41, 5.74) is 6.46. The molecule has 0 fully saturated rings. The topological polar surface area (TPSA) is 107 Å². The third kappa shape index (κ3) is 2.70. The van der Waals surface area contributed by atoms with Crippen LogP contribution in [-0.4, -0.2) is 27.6 Å². The fourth-order valence-electron chi connectivity index (χ4n) is 1.92. The van der Waals surface area contributed by atoms with Crippen LogP contribution >= 0.6 is 11.3 Å². The summed E-state index contributed by atoms with van der Waals surface area (Å²) in [5.74, 6) is 0.863. The van der Waals surface area contributed by atoms with E-state index in [4.69, 9.17) is 10.3 Å². The number of hydrogen-bond donors (Lipinski definition) is 2. The van der Waals surface area contributed by atoms with Crippen molar-refractivity contribution in [3.63, 3.8) is 0 Å². The minimum atomic E-state index is -0.216. The monoisotopic (exact) mass is 303 g/mol. The number of nitrogens with zero attached hydrogens (tertiary/aromatic N) is 3. The van der Waals surface area contributed by atoms with Crippen LogP contribution < -0.4 is 11.1 Å². The third-order valence-corrected chi connectivity index (χ3v) is 4.03. The number of aromatic nitrogens is 3. The Morgan fingerprint density at radius 2 is 2.38 bits per heavy atom. The number of nitrogen functional groups attached to an aromatic ring is 1. The first-order chi connectivity index (χ1) is 10.1. The van der Waals surface area contributed by atoms with E-state index in [1.165, 1.54) is 11.3 Å². The lowest BCUT2D eigenvalue weighted by atomic mass is 10.2. The van der Waals surface area contributed by atoms with Gasteiger partial charge in [-0.05, 0) is 19.1 Å². The zero-order valence-electron chi connectivity index (χ0n) is 11.3. The lowest BCUT2D eigenvalue weighted by Gasteiger charge is -2.02. The second kappa shape index (κ2) is 5.49. The fraction of sp³-hybridized carbons (Fsp3) is 0.231. The SMILES string of the molecule is Cc1noc(CCNC(=O)c2sc3ncccc3c2N)n1. The number of nitrogens with one attached hydrogen (secondary N) is 1. The quantitative estimate of drug-likeness (QED) is 0.757. The number of rotatable bonds is 4. The molecule has 0 aromatic carbocycles. The van der Waals surface area contributed by atoms with E-state index in [0.29, 0.717) is 35.2 Å². The Kier molecular flexibility index (Phi) is 3.53. The van der Waals surface area contributed by atoms with Crippen molar-refractivity contribution in [1.82, 2.24) is 20.4 Å². The molecule has 0 saturated carbocycles. The van der Waals surface area contributed by atoms with Gasteiger partial charge in [-0.2, -0.15) is 4.98 Å². The number of carbonyl (C=O) groups excluding carboxylic acids is 1. The van der Waals surface area contributed by atoms with Gasteiger partial charge in [0.1, 0.15) is 9.71 Å². The van der Waals surface area contributed by atoms with E-state index >= 15 is 0 Å². The van der Waals surface area contributed by atoms with Crippen LogP contribution in [0.3, 0.4) is 0 Å². The molecule has 0 radical (unpaired) electrons. The predicted octanol–water partition coefficient (Wildman–Crippen LogP) is 1.54. The Labute approximate surface area is 124 Å². The summed E-state index contributed by atoms with van der Waals surface area (Å²) in [6.07, 6.45) is 2.16. The highest BCUT2D eigenvalue weighted by Gasteiger charge is 2.16.